The Bertz CT molecular complexity index is 565. The first kappa shape index (κ1) is 23.8. The van der Waals surface area contributed by atoms with Crippen LogP contribution in [0.4, 0.5) is 0 Å². The van der Waals surface area contributed by atoms with Crippen LogP contribution >= 0.6 is 0 Å². The number of esters is 3. The molecule has 1 heterocycles. The van der Waals surface area contributed by atoms with Crippen molar-refractivity contribution >= 4 is 23.8 Å². The Kier molecular flexibility index (Phi) is 9.88. The molecule has 1 amide bonds. The predicted octanol–water partition coefficient (Wildman–Crippen LogP) is 0.459. The summed E-state index contributed by atoms with van der Waals surface area (Å²) >= 11 is 0. The highest BCUT2D eigenvalue weighted by molar-refractivity contribution is 5.73. The standard InChI is InChI=1S/C18H29NO9/c1-6-7-8-24-18-15(19-10(2)20)17(27-13(5)23)16(26-12(4)22)14(28-18)9-25-11(3)21/h14-18H,6-9H2,1-5H3,(H,19,20). The van der Waals surface area contributed by atoms with Crippen molar-refractivity contribution in [1.82, 2.24) is 5.32 Å². The van der Waals surface area contributed by atoms with E-state index >= 15 is 0 Å². The molecule has 0 aliphatic carbocycles. The van der Waals surface area contributed by atoms with Gasteiger partial charge in [-0.25, -0.2) is 0 Å². The number of amides is 1. The first-order valence-electron chi connectivity index (χ1n) is 9.17. The summed E-state index contributed by atoms with van der Waals surface area (Å²) < 4.78 is 27.2. The van der Waals surface area contributed by atoms with Gasteiger partial charge < -0.3 is 29.0 Å². The summed E-state index contributed by atoms with van der Waals surface area (Å²) in [6.07, 6.45) is -2.53. The molecule has 1 fully saturated rings. The molecular formula is C18H29NO9. The van der Waals surface area contributed by atoms with Crippen LogP contribution in [-0.2, 0) is 42.9 Å². The minimum atomic E-state index is -1.11. The van der Waals surface area contributed by atoms with E-state index in [0.29, 0.717) is 6.61 Å². The highest BCUT2D eigenvalue weighted by Gasteiger charge is 2.51. The number of carbonyl (C=O) groups excluding carboxylic acids is 4. The monoisotopic (exact) mass is 403 g/mol. The van der Waals surface area contributed by atoms with E-state index < -0.39 is 54.5 Å². The highest BCUT2D eigenvalue weighted by atomic mass is 16.7. The quantitative estimate of drug-likeness (QED) is 0.332. The van der Waals surface area contributed by atoms with Crippen LogP contribution in [0.3, 0.4) is 0 Å². The Balaban J connectivity index is 3.21. The van der Waals surface area contributed by atoms with Gasteiger partial charge in [-0.1, -0.05) is 13.3 Å². The van der Waals surface area contributed by atoms with Crippen LogP contribution < -0.4 is 5.32 Å². The fraction of sp³-hybridized carbons (Fsp3) is 0.778. The van der Waals surface area contributed by atoms with Gasteiger partial charge in [-0.05, 0) is 6.42 Å². The molecule has 0 bridgehead atoms. The molecule has 0 spiro atoms. The van der Waals surface area contributed by atoms with Crippen LogP contribution in [0.15, 0.2) is 0 Å². The second-order valence-electron chi connectivity index (χ2n) is 6.44. The van der Waals surface area contributed by atoms with Crippen molar-refractivity contribution in [3.63, 3.8) is 0 Å². The zero-order chi connectivity index (χ0) is 21.3. The van der Waals surface area contributed by atoms with Crippen LogP contribution in [0.1, 0.15) is 47.5 Å². The fourth-order valence-corrected chi connectivity index (χ4v) is 2.78. The Morgan fingerprint density at radius 2 is 1.54 bits per heavy atom. The summed E-state index contributed by atoms with van der Waals surface area (Å²) in [4.78, 5) is 46.2. The maximum atomic E-state index is 11.7. The Hall–Kier alpha value is -2.20. The molecule has 160 valence electrons. The van der Waals surface area contributed by atoms with Gasteiger partial charge in [-0.3, -0.25) is 19.2 Å². The molecule has 5 atom stereocenters. The van der Waals surface area contributed by atoms with Crippen molar-refractivity contribution in [1.29, 1.82) is 0 Å². The summed E-state index contributed by atoms with van der Waals surface area (Å²) in [5.41, 5.74) is 0. The minimum absolute atomic E-state index is 0.245. The van der Waals surface area contributed by atoms with Crippen LogP contribution in [0.25, 0.3) is 0 Å². The van der Waals surface area contributed by atoms with E-state index in [1.807, 2.05) is 6.92 Å². The summed E-state index contributed by atoms with van der Waals surface area (Å²) in [6.45, 7) is 6.97. The van der Waals surface area contributed by atoms with Crippen LogP contribution in [0.5, 0.6) is 0 Å². The lowest BCUT2D eigenvalue weighted by atomic mass is 9.96. The Labute approximate surface area is 164 Å². The average molecular weight is 403 g/mol. The van der Waals surface area contributed by atoms with Gasteiger partial charge in [-0.2, -0.15) is 0 Å². The third-order valence-corrected chi connectivity index (χ3v) is 3.85. The molecule has 0 saturated carbocycles. The molecule has 10 heteroatoms. The number of rotatable bonds is 9. The van der Waals surface area contributed by atoms with Gasteiger partial charge in [0.25, 0.3) is 0 Å². The van der Waals surface area contributed by atoms with E-state index in [0.717, 1.165) is 12.8 Å². The second-order valence-corrected chi connectivity index (χ2v) is 6.44. The molecule has 0 aromatic rings. The van der Waals surface area contributed by atoms with E-state index in [1.165, 1.54) is 27.7 Å². The molecule has 1 aliphatic rings. The molecule has 0 aromatic heterocycles. The zero-order valence-corrected chi connectivity index (χ0v) is 16.9. The number of ether oxygens (including phenoxy) is 5. The van der Waals surface area contributed by atoms with Crippen molar-refractivity contribution in [2.45, 2.75) is 78.1 Å². The number of hydrogen-bond acceptors (Lipinski definition) is 9. The summed E-state index contributed by atoms with van der Waals surface area (Å²) in [5, 5.41) is 2.64. The second kappa shape index (κ2) is 11.6. The molecule has 28 heavy (non-hydrogen) atoms. The van der Waals surface area contributed by atoms with E-state index in [1.54, 1.807) is 0 Å². The van der Waals surface area contributed by atoms with Crippen molar-refractivity contribution < 1.29 is 42.9 Å². The topological polar surface area (TPSA) is 126 Å². The van der Waals surface area contributed by atoms with E-state index in [-0.39, 0.29) is 6.61 Å². The zero-order valence-electron chi connectivity index (χ0n) is 16.9. The van der Waals surface area contributed by atoms with Gasteiger partial charge >= 0.3 is 17.9 Å². The Morgan fingerprint density at radius 3 is 2.04 bits per heavy atom. The van der Waals surface area contributed by atoms with Gasteiger partial charge in [0.2, 0.25) is 5.91 Å². The van der Waals surface area contributed by atoms with Gasteiger partial charge in [0.1, 0.15) is 18.8 Å². The molecule has 1 saturated heterocycles. The van der Waals surface area contributed by atoms with Crippen molar-refractivity contribution in [3.8, 4) is 0 Å². The van der Waals surface area contributed by atoms with Gasteiger partial charge in [0, 0.05) is 34.3 Å². The number of carbonyl (C=O) groups is 4. The summed E-state index contributed by atoms with van der Waals surface area (Å²) in [7, 11) is 0. The van der Waals surface area contributed by atoms with Crippen molar-refractivity contribution in [3.05, 3.63) is 0 Å². The maximum Gasteiger partial charge on any atom is 0.303 e. The molecule has 0 radical (unpaired) electrons. The predicted molar refractivity (Wildman–Crippen MR) is 94.9 cm³/mol. The number of hydrogen-bond donors (Lipinski definition) is 1. The van der Waals surface area contributed by atoms with Crippen LogP contribution in [0.2, 0.25) is 0 Å². The van der Waals surface area contributed by atoms with E-state index in [2.05, 4.69) is 5.32 Å². The van der Waals surface area contributed by atoms with Crippen LogP contribution in [0, 0.1) is 0 Å². The normalized spacial score (nSPS) is 26.8. The Morgan fingerprint density at radius 1 is 0.929 bits per heavy atom. The third-order valence-electron chi connectivity index (χ3n) is 3.85. The van der Waals surface area contributed by atoms with Crippen molar-refractivity contribution in [2.75, 3.05) is 13.2 Å². The average Bonchev–Trinajstić information content (AvgIpc) is 2.57. The molecule has 1 N–H and O–H groups in total. The smallest absolute Gasteiger partial charge is 0.303 e. The number of unbranched alkanes of at least 4 members (excludes halogenated alkanes) is 1. The first-order chi connectivity index (χ1) is 13.1. The van der Waals surface area contributed by atoms with Gasteiger partial charge in [-0.15, -0.1) is 0 Å². The van der Waals surface area contributed by atoms with Gasteiger partial charge in [0.05, 0.1) is 0 Å². The SMILES string of the molecule is CCCCOC1OC(COC(C)=O)C(OC(C)=O)C(OC(C)=O)C1NC(C)=O. The fourth-order valence-electron chi connectivity index (χ4n) is 2.78. The van der Waals surface area contributed by atoms with Crippen LogP contribution in [-0.4, -0.2) is 67.7 Å². The third kappa shape index (κ3) is 7.81. The molecule has 1 aliphatic heterocycles. The molecular weight excluding hydrogens is 374 g/mol. The molecule has 0 aromatic carbocycles. The summed E-state index contributed by atoms with van der Waals surface area (Å²) in [5.74, 6) is -2.25. The molecule has 1 rings (SSSR count). The number of nitrogens with one attached hydrogen (secondary N) is 1. The lowest BCUT2D eigenvalue weighted by Crippen LogP contribution is -2.66. The summed E-state index contributed by atoms with van der Waals surface area (Å²) in [6, 6.07) is -0.920. The lowest BCUT2D eigenvalue weighted by Gasteiger charge is -2.44. The first-order valence-corrected chi connectivity index (χ1v) is 9.17. The van der Waals surface area contributed by atoms with E-state index in [9.17, 15) is 19.2 Å². The van der Waals surface area contributed by atoms with Crippen molar-refractivity contribution in [2.24, 2.45) is 0 Å². The van der Waals surface area contributed by atoms with Gasteiger partial charge in [0.15, 0.2) is 18.5 Å². The maximum absolute atomic E-state index is 11.7. The van der Waals surface area contributed by atoms with E-state index in [4.69, 9.17) is 23.7 Å². The minimum Gasteiger partial charge on any atom is -0.463 e. The molecule has 5 unspecified atom stereocenters. The molecule has 10 nitrogen and oxygen atoms in total. The lowest BCUT2D eigenvalue weighted by molar-refractivity contribution is -0.277. The largest absolute Gasteiger partial charge is 0.463 e. The highest BCUT2D eigenvalue weighted by Crippen LogP contribution is 2.28.